The minimum absolute atomic E-state index is 0.0360. The van der Waals surface area contributed by atoms with Gasteiger partial charge in [0.05, 0.1) is 18.4 Å². The van der Waals surface area contributed by atoms with E-state index in [1.165, 1.54) is 19.2 Å². The van der Waals surface area contributed by atoms with E-state index in [9.17, 15) is 14.0 Å². The molecule has 34 heavy (non-hydrogen) atoms. The summed E-state index contributed by atoms with van der Waals surface area (Å²) in [4.78, 5) is 26.4. The zero-order chi connectivity index (χ0) is 24.1. The Labute approximate surface area is 196 Å². The molecule has 4 rings (SSSR count). The summed E-state index contributed by atoms with van der Waals surface area (Å²) in [6, 6.07) is 12.8. The van der Waals surface area contributed by atoms with Gasteiger partial charge >= 0.3 is 0 Å². The number of carbonyl (C=O) groups excluding carboxylic acids is 2. The van der Waals surface area contributed by atoms with Crippen LogP contribution in [0, 0.1) is 5.82 Å². The van der Waals surface area contributed by atoms with Crippen molar-refractivity contribution < 1.29 is 18.7 Å². The minimum atomic E-state index is -0.743. The molecule has 10 heteroatoms. The Morgan fingerprint density at radius 3 is 2.62 bits per heavy atom. The van der Waals surface area contributed by atoms with E-state index in [4.69, 9.17) is 10.5 Å². The Morgan fingerprint density at radius 1 is 1.12 bits per heavy atom. The van der Waals surface area contributed by atoms with Crippen molar-refractivity contribution >= 4 is 29.0 Å². The topological polar surface area (TPSA) is 122 Å². The first-order valence-electron chi connectivity index (χ1n) is 10.8. The van der Waals surface area contributed by atoms with Gasteiger partial charge in [0.2, 0.25) is 0 Å². The molecule has 0 saturated carbocycles. The molecule has 2 amide bonds. The van der Waals surface area contributed by atoms with Crippen molar-refractivity contribution in [3.63, 3.8) is 0 Å². The van der Waals surface area contributed by atoms with Gasteiger partial charge in [-0.15, -0.1) is 10.2 Å². The number of nitrogens with zero attached hydrogens (tertiary/aromatic N) is 3. The Balaban J connectivity index is 1.54. The molecule has 176 valence electrons. The second-order valence-corrected chi connectivity index (χ2v) is 7.88. The highest BCUT2D eigenvalue weighted by molar-refractivity contribution is 5.98. The molecule has 1 aliphatic heterocycles. The lowest BCUT2D eigenvalue weighted by atomic mass is 10.1. The van der Waals surface area contributed by atoms with Crippen LogP contribution in [0.5, 0.6) is 5.75 Å². The van der Waals surface area contributed by atoms with E-state index in [0.29, 0.717) is 34.1 Å². The zero-order valence-corrected chi connectivity index (χ0v) is 18.7. The standard InChI is InChI=1S/C24H25FN6O3/c1-34-20-12-17(7-8-18(20)24(33)31-9-2-3-10-31)28-21-13-19(22(23(26)32)30-29-21)27-14-15-5-4-6-16(25)11-15/h4-8,11-13H,2-3,9-10,14H2,1H3,(H2,26,32)(H2,27,28,29). The molecule has 9 nitrogen and oxygen atoms in total. The molecule has 0 radical (unpaired) electrons. The quantitative estimate of drug-likeness (QED) is 0.467. The number of ether oxygens (including phenoxy) is 1. The predicted molar refractivity (Wildman–Crippen MR) is 126 cm³/mol. The number of primary amides is 1. The Morgan fingerprint density at radius 2 is 1.91 bits per heavy atom. The molecule has 2 aromatic carbocycles. The van der Waals surface area contributed by atoms with Crippen LogP contribution in [0.15, 0.2) is 48.5 Å². The normalized spacial score (nSPS) is 12.9. The van der Waals surface area contributed by atoms with Gasteiger partial charge in [-0.2, -0.15) is 0 Å². The molecule has 1 fully saturated rings. The summed E-state index contributed by atoms with van der Waals surface area (Å²) in [7, 11) is 1.51. The third kappa shape index (κ3) is 5.22. The fourth-order valence-electron chi connectivity index (χ4n) is 3.80. The molecule has 1 aromatic heterocycles. The van der Waals surface area contributed by atoms with Crippen LogP contribution in [-0.2, 0) is 6.54 Å². The molecular weight excluding hydrogens is 439 g/mol. The maximum Gasteiger partial charge on any atom is 0.271 e. The largest absolute Gasteiger partial charge is 0.496 e. The fraction of sp³-hybridized carbons (Fsp3) is 0.250. The van der Waals surface area contributed by atoms with E-state index >= 15 is 0 Å². The van der Waals surface area contributed by atoms with Gasteiger partial charge in [0.25, 0.3) is 11.8 Å². The van der Waals surface area contributed by atoms with E-state index in [0.717, 1.165) is 25.9 Å². The van der Waals surface area contributed by atoms with Gasteiger partial charge in [-0.1, -0.05) is 12.1 Å². The van der Waals surface area contributed by atoms with Crippen LogP contribution in [0.1, 0.15) is 39.3 Å². The Bertz CT molecular complexity index is 1210. The van der Waals surface area contributed by atoms with E-state index in [2.05, 4.69) is 20.8 Å². The average molecular weight is 465 g/mol. The number of methoxy groups -OCH3 is 1. The first-order valence-corrected chi connectivity index (χ1v) is 10.8. The second kappa shape index (κ2) is 10.2. The molecule has 1 aliphatic rings. The second-order valence-electron chi connectivity index (χ2n) is 7.88. The number of hydrogen-bond donors (Lipinski definition) is 3. The predicted octanol–water partition coefficient (Wildman–Crippen LogP) is 3.31. The SMILES string of the molecule is COc1cc(Nc2cc(NCc3cccc(F)c3)c(C(N)=O)nn2)ccc1C(=O)N1CCCC1. The number of likely N-dealkylation sites (tertiary alicyclic amines) is 1. The van der Waals surface area contributed by atoms with Crippen LogP contribution in [-0.4, -0.2) is 47.1 Å². The van der Waals surface area contributed by atoms with Crippen molar-refractivity contribution in [1.29, 1.82) is 0 Å². The molecule has 0 bridgehead atoms. The van der Waals surface area contributed by atoms with Crippen molar-refractivity contribution in [3.05, 3.63) is 71.2 Å². The van der Waals surface area contributed by atoms with Crippen molar-refractivity contribution in [2.75, 3.05) is 30.8 Å². The molecule has 2 heterocycles. The van der Waals surface area contributed by atoms with Crippen molar-refractivity contribution in [2.24, 2.45) is 5.73 Å². The van der Waals surface area contributed by atoms with Gasteiger partial charge in [0, 0.05) is 37.5 Å². The number of halogens is 1. The Kier molecular flexibility index (Phi) is 6.86. The van der Waals surface area contributed by atoms with Crippen LogP contribution in [0.4, 0.5) is 21.6 Å². The molecule has 1 saturated heterocycles. The summed E-state index contributed by atoms with van der Waals surface area (Å²) < 4.78 is 18.9. The smallest absolute Gasteiger partial charge is 0.271 e. The summed E-state index contributed by atoms with van der Waals surface area (Å²) in [5.74, 6) is -0.381. The average Bonchev–Trinajstić information content (AvgIpc) is 3.37. The number of hydrogen-bond acceptors (Lipinski definition) is 7. The van der Waals surface area contributed by atoms with Gasteiger partial charge in [0.1, 0.15) is 11.6 Å². The van der Waals surface area contributed by atoms with Crippen LogP contribution < -0.4 is 21.1 Å². The van der Waals surface area contributed by atoms with Crippen LogP contribution in [0.3, 0.4) is 0 Å². The summed E-state index contributed by atoms with van der Waals surface area (Å²) in [5, 5.41) is 14.1. The molecule has 0 unspecified atom stereocenters. The molecule has 3 aromatic rings. The number of amides is 2. The molecule has 4 N–H and O–H groups in total. The lowest BCUT2D eigenvalue weighted by Crippen LogP contribution is -2.27. The molecule has 0 atom stereocenters. The van der Waals surface area contributed by atoms with Crippen LogP contribution >= 0.6 is 0 Å². The number of carbonyl (C=O) groups is 2. The third-order valence-corrected chi connectivity index (χ3v) is 5.50. The van der Waals surface area contributed by atoms with Crippen LogP contribution in [0.2, 0.25) is 0 Å². The summed E-state index contributed by atoms with van der Waals surface area (Å²) in [6.45, 7) is 1.74. The first kappa shape index (κ1) is 23.0. The van der Waals surface area contributed by atoms with Gasteiger partial charge in [-0.3, -0.25) is 9.59 Å². The number of nitrogens with two attached hydrogens (primary N) is 1. The van der Waals surface area contributed by atoms with Crippen LogP contribution in [0.25, 0.3) is 0 Å². The van der Waals surface area contributed by atoms with Gasteiger partial charge in [-0.05, 0) is 42.7 Å². The number of anilines is 3. The summed E-state index contributed by atoms with van der Waals surface area (Å²) in [6.07, 6.45) is 2.01. The highest BCUT2D eigenvalue weighted by atomic mass is 19.1. The van der Waals surface area contributed by atoms with Gasteiger partial charge < -0.3 is 26.0 Å². The van der Waals surface area contributed by atoms with Crippen molar-refractivity contribution in [3.8, 4) is 5.75 Å². The Hall–Kier alpha value is -4.21. The number of aromatic nitrogens is 2. The zero-order valence-electron chi connectivity index (χ0n) is 18.7. The van der Waals surface area contributed by atoms with E-state index in [1.807, 2.05) is 4.90 Å². The first-order chi connectivity index (χ1) is 16.4. The molecule has 0 spiro atoms. The molecule has 0 aliphatic carbocycles. The van der Waals surface area contributed by atoms with E-state index in [-0.39, 0.29) is 24.0 Å². The van der Waals surface area contributed by atoms with Crippen molar-refractivity contribution in [1.82, 2.24) is 15.1 Å². The fourth-order valence-corrected chi connectivity index (χ4v) is 3.80. The monoisotopic (exact) mass is 464 g/mol. The molecular formula is C24H25FN6O3. The van der Waals surface area contributed by atoms with E-state index in [1.54, 1.807) is 36.4 Å². The van der Waals surface area contributed by atoms with E-state index < -0.39 is 5.91 Å². The number of benzene rings is 2. The van der Waals surface area contributed by atoms with Gasteiger partial charge in [0.15, 0.2) is 11.5 Å². The maximum atomic E-state index is 13.5. The summed E-state index contributed by atoms with van der Waals surface area (Å²) in [5.41, 5.74) is 7.53. The van der Waals surface area contributed by atoms with Gasteiger partial charge in [-0.25, -0.2) is 4.39 Å². The lowest BCUT2D eigenvalue weighted by Gasteiger charge is -2.18. The number of rotatable bonds is 8. The highest BCUT2D eigenvalue weighted by Crippen LogP contribution is 2.28. The highest BCUT2D eigenvalue weighted by Gasteiger charge is 2.22. The minimum Gasteiger partial charge on any atom is -0.496 e. The number of nitrogens with one attached hydrogen (secondary N) is 2. The summed E-state index contributed by atoms with van der Waals surface area (Å²) >= 11 is 0. The maximum absolute atomic E-state index is 13.5. The third-order valence-electron chi connectivity index (χ3n) is 5.50. The lowest BCUT2D eigenvalue weighted by molar-refractivity contribution is 0.0789. The van der Waals surface area contributed by atoms with Crippen molar-refractivity contribution in [2.45, 2.75) is 19.4 Å².